The zero-order valence-corrected chi connectivity index (χ0v) is 37.3. The first-order valence-corrected chi connectivity index (χ1v) is 24.3. The van der Waals surface area contributed by atoms with Crippen molar-refractivity contribution in [3.63, 3.8) is 0 Å². The molecule has 0 radical (unpaired) electrons. The highest BCUT2D eigenvalue weighted by Gasteiger charge is 2.30. The Bertz CT molecular complexity index is 1190. The van der Waals surface area contributed by atoms with Gasteiger partial charge in [-0.15, -0.1) is 0 Å². The fourth-order valence-corrected chi connectivity index (χ4v) is 6.75. The number of phosphoric acid groups is 2. The molecule has 0 amide bonds. The summed E-state index contributed by atoms with van der Waals surface area (Å²) in [5, 5.41) is 10.2. The van der Waals surface area contributed by atoms with Crippen molar-refractivity contribution in [1.82, 2.24) is 0 Å². The van der Waals surface area contributed by atoms with Crippen molar-refractivity contribution in [3.8, 4) is 0 Å². The number of ether oxygens (including phenoxy) is 4. The molecule has 19 heteroatoms. The van der Waals surface area contributed by atoms with Crippen LogP contribution in [0.2, 0.25) is 0 Å². The van der Waals surface area contributed by atoms with Gasteiger partial charge in [0.05, 0.1) is 26.4 Å². The van der Waals surface area contributed by atoms with Crippen LogP contribution in [0, 0.1) is 0 Å². The minimum absolute atomic E-state index is 0.0770. The van der Waals surface area contributed by atoms with Gasteiger partial charge in [0.25, 0.3) is 0 Å². The van der Waals surface area contributed by atoms with Crippen LogP contribution in [0.15, 0.2) is 0 Å². The minimum Gasteiger partial charge on any atom is -0.462 e. The highest BCUT2D eigenvalue weighted by Crippen LogP contribution is 2.45. The van der Waals surface area contributed by atoms with Gasteiger partial charge in [0.2, 0.25) is 0 Å². The van der Waals surface area contributed by atoms with Crippen LogP contribution in [-0.4, -0.2) is 96.7 Å². The molecule has 17 nitrogen and oxygen atoms in total. The number of hydrogen-bond donors (Lipinski definition) is 3. The topological polar surface area (TPSA) is 237 Å². The third kappa shape index (κ3) is 34.9. The molecule has 0 bridgehead atoms. The van der Waals surface area contributed by atoms with Crippen molar-refractivity contribution in [1.29, 1.82) is 0 Å². The second-order valence-electron chi connectivity index (χ2n) is 14.3. The molecule has 0 aliphatic rings. The first-order valence-electron chi connectivity index (χ1n) is 21.3. The molecular formula is C39H74O17P2. The number of aliphatic hydroxyl groups excluding tert-OH is 1. The number of unbranched alkanes of at least 4 members (excludes halogenated alkanes) is 14. The third-order valence-electron chi connectivity index (χ3n) is 8.60. The van der Waals surface area contributed by atoms with E-state index in [1.165, 1.54) is 32.1 Å². The Morgan fingerprint density at radius 2 is 0.707 bits per heavy atom. The normalized spacial score (nSPS) is 15.1. The summed E-state index contributed by atoms with van der Waals surface area (Å²) in [4.78, 5) is 69.3. The van der Waals surface area contributed by atoms with E-state index in [2.05, 4.69) is 6.92 Å². The summed E-state index contributed by atoms with van der Waals surface area (Å²) in [5.74, 6) is -2.26. The van der Waals surface area contributed by atoms with Gasteiger partial charge in [-0.2, -0.15) is 0 Å². The van der Waals surface area contributed by atoms with Gasteiger partial charge in [0, 0.05) is 25.7 Å². The largest absolute Gasteiger partial charge is 0.472 e. The lowest BCUT2D eigenvalue weighted by Gasteiger charge is -2.21. The van der Waals surface area contributed by atoms with Gasteiger partial charge in [-0.25, -0.2) is 9.13 Å². The number of aliphatic hydroxyl groups is 1. The molecule has 0 spiro atoms. The van der Waals surface area contributed by atoms with Crippen LogP contribution in [0.5, 0.6) is 0 Å². The van der Waals surface area contributed by atoms with E-state index in [0.29, 0.717) is 25.7 Å². The van der Waals surface area contributed by atoms with Crippen molar-refractivity contribution < 1.29 is 80.2 Å². The van der Waals surface area contributed by atoms with E-state index in [1.807, 2.05) is 20.8 Å². The summed E-state index contributed by atoms with van der Waals surface area (Å²) in [7, 11) is -9.78. The molecule has 3 N–H and O–H groups in total. The molecule has 0 aliphatic heterocycles. The van der Waals surface area contributed by atoms with Crippen molar-refractivity contribution in [2.45, 2.75) is 187 Å². The van der Waals surface area contributed by atoms with Gasteiger partial charge >= 0.3 is 39.5 Å². The van der Waals surface area contributed by atoms with Gasteiger partial charge < -0.3 is 33.8 Å². The quantitative estimate of drug-likeness (QED) is 0.0228. The Balaban J connectivity index is 4.94. The Kier molecular flexibility index (Phi) is 34.6. The summed E-state index contributed by atoms with van der Waals surface area (Å²) in [6, 6.07) is 0. The molecular weight excluding hydrogens is 802 g/mol. The van der Waals surface area contributed by atoms with Crippen molar-refractivity contribution in [2.24, 2.45) is 0 Å². The van der Waals surface area contributed by atoms with Crippen molar-refractivity contribution in [3.05, 3.63) is 0 Å². The molecule has 0 aromatic rings. The predicted octanol–water partition coefficient (Wildman–Crippen LogP) is 8.19. The molecule has 342 valence electrons. The van der Waals surface area contributed by atoms with Crippen LogP contribution in [0.4, 0.5) is 0 Å². The molecule has 58 heavy (non-hydrogen) atoms. The third-order valence-corrected chi connectivity index (χ3v) is 10.5. The fraction of sp³-hybridized carbons (Fsp3) is 0.897. The van der Waals surface area contributed by atoms with Gasteiger partial charge in [-0.05, 0) is 25.7 Å². The average molecular weight is 877 g/mol. The molecule has 0 saturated carbocycles. The molecule has 0 fully saturated rings. The molecule has 0 heterocycles. The van der Waals surface area contributed by atoms with Gasteiger partial charge in [-0.3, -0.25) is 37.3 Å². The van der Waals surface area contributed by atoms with E-state index in [0.717, 1.165) is 57.8 Å². The zero-order chi connectivity index (χ0) is 43.5. The van der Waals surface area contributed by atoms with E-state index >= 15 is 0 Å². The van der Waals surface area contributed by atoms with E-state index in [-0.39, 0.29) is 25.7 Å². The predicted molar refractivity (Wildman–Crippen MR) is 215 cm³/mol. The highest BCUT2D eigenvalue weighted by molar-refractivity contribution is 7.47. The molecule has 0 rings (SSSR count). The molecule has 0 aromatic heterocycles. The summed E-state index contributed by atoms with van der Waals surface area (Å²) in [5.41, 5.74) is 0. The van der Waals surface area contributed by atoms with Crippen molar-refractivity contribution in [2.75, 3.05) is 39.6 Å². The van der Waals surface area contributed by atoms with Gasteiger partial charge in [-0.1, -0.05) is 118 Å². The average Bonchev–Trinajstić information content (AvgIpc) is 3.19. The van der Waals surface area contributed by atoms with E-state index in [1.54, 1.807) is 0 Å². The number of hydrogen-bond acceptors (Lipinski definition) is 15. The van der Waals surface area contributed by atoms with Crippen LogP contribution >= 0.6 is 15.6 Å². The molecule has 5 atom stereocenters. The van der Waals surface area contributed by atoms with Crippen LogP contribution in [0.1, 0.15) is 169 Å². The monoisotopic (exact) mass is 876 g/mol. The van der Waals surface area contributed by atoms with Gasteiger partial charge in [0.15, 0.2) is 12.2 Å². The second-order valence-corrected chi connectivity index (χ2v) is 17.2. The van der Waals surface area contributed by atoms with Crippen LogP contribution in [-0.2, 0) is 65.4 Å². The number of rotatable bonds is 40. The highest BCUT2D eigenvalue weighted by atomic mass is 31.2. The lowest BCUT2D eigenvalue weighted by molar-refractivity contribution is -0.161. The second kappa shape index (κ2) is 35.8. The van der Waals surface area contributed by atoms with E-state index < -0.39 is 97.5 Å². The van der Waals surface area contributed by atoms with Crippen LogP contribution < -0.4 is 0 Å². The lowest BCUT2D eigenvalue weighted by atomic mass is 10.1. The number of phosphoric ester groups is 2. The van der Waals surface area contributed by atoms with Gasteiger partial charge in [0.1, 0.15) is 19.3 Å². The molecule has 0 saturated heterocycles. The number of carbonyl (C=O) groups is 4. The standard InChI is InChI=1S/C39H74O17P2/c1-5-9-13-15-16-17-18-19-20-22-26-39(44)56-35(29-49-36(41)23-11-7-3)32-54-58(47,48)52-28-33(40)27-51-57(45,46)53-31-34(55-38(43)24-12-8-4)30-50-37(42)25-21-14-10-6-2/h33-35,40H,5-32H2,1-4H3,(H,45,46)(H,47,48)/t33-,34+,35+/m0/s1. The Labute approximate surface area is 346 Å². The smallest absolute Gasteiger partial charge is 0.462 e. The first kappa shape index (κ1) is 56.1. The van der Waals surface area contributed by atoms with E-state index in [9.17, 15) is 43.2 Å². The Hall–Kier alpha value is -1.94. The minimum atomic E-state index is -4.89. The maximum atomic E-state index is 12.6. The summed E-state index contributed by atoms with van der Waals surface area (Å²) in [6.07, 6.45) is 13.2. The SMILES string of the molecule is CCCCCCCCCCCCC(=O)O[C@H](COC(=O)CCCC)COP(=O)(O)OC[C@@H](O)COP(=O)(O)OC[C@@H](COC(=O)CCCCCC)OC(=O)CCCC. The summed E-state index contributed by atoms with van der Waals surface area (Å²) < 4.78 is 65.6. The Morgan fingerprint density at radius 1 is 0.414 bits per heavy atom. The van der Waals surface area contributed by atoms with Crippen molar-refractivity contribution >= 4 is 39.5 Å². The molecule has 2 unspecified atom stereocenters. The van der Waals surface area contributed by atoms with E-state index in [4.69, 9.17) is 37.0 Å². The fourth-order valence-electron chi connectivity index (χ4n) is 5.17. The molecule has 0 aromatic carbocycles. The first-order chi connectivity index (χ1) is 27.7. The maximum Gasteiger partial charge on any atom is 0.472 e. The number of carbonyl (C=O) groups excluding carboxylic acids is 4. The zero-order valence-electron chi connectivity index (χ0n) is 35.5. The van der Waals surface area contributed by atoms with Crippen LogP contribution in [0.25, 0.3) is 0 Å². The molecule has 0 aliphatic carbocycles. The Morgan fingerprint density at radius 3 is 1.10 bits per heavy atom. The lowest BCUT2D eigenvalue weighted by Crippen LogP contribution is -2.30. The summed E-state index contributed by atoms with van der Waals surface area (Å²) in [6.45, 7) is 4.01. The summed E-state index contributed by atoms with van der Waals surface area (Å²) >= 11 is 0. The number of esters is 4. The van der Waals surface area contributed by atoms with Crippen LogP contribution in [0.3, 0.4) is 0 Å². The maximum absolute atomic E-state index is 12.6.